The minimum Gasteiger partial charge on any atom is -0.438 e. The summed E-state index contributed by atoms with van der Waals surface area (Å²) in [7, 11) is 2.16. The number of carbonyl (C=O) groups excluding carboxylic acids is 1. The number of anilines is 3. The number of aromatic nitrogens is 3. The maximum absolute atomic E-state index is 11.4. The van der Waals surface area contributed by atoms with E-state index < -0.39 is 0 Å². The van der Waals surface area contributed by atoms with Crippen LogP contribution < -0.4 is 20.3 Å². The van der Waals surface area contributed by atoms with E-state index in [-0.39, 0.29) is 11.8 Å². The number of ether oxygens (including phenoxy) is 1. The number of aromatic amines is 1. The van der Waals surface area contributed by atoms with Crippen LogP contribution in [0.15, 0.2) is 60.8 Å². The molecule has 0 radical (unpaired) electrons. The number of H-pyrrole nitrogens is 1. The molecule has 4 aromatic rings. The Hall–Kier alpha value is -3.82. The third-order valence-electron chi connectivity index (χ3n) is 6.12. The molecule has 0 saturated carbocycles. The summed E-state index contributed by atoms with van der Waals surface area (Å²) in [6.07, 6.45) is 1.81. The molecule has 3 heterocycles. The second kappa shape index (κ2) is 10.8. The number of carbonyl (C=O) groups is 1. The van der Waals surface area contributed by atoms with Crippen molar-refractivity contribution in [2.45, 2.75) is 6.54 Å². The van der Waals surface area contributed by atoms with E-state index in [1.54, 1.807) is 0 Å². The zero-order valence-electron chi connectivity index (χ0n) is 20.0. The van der Waals surface area contributed by atoms with Crippen molar-refractivity contribution in [3.8, 4) is 11.6 Å². The lowest BCUT2D eigenvalue weighted by Crippen LogP contribution is -2.44. The van der Waals surface area contributed by atoms with Gasteiger partial charge in [-0.2, -0.15) is 9.97 Å². The zero-order valence-corrected chi connectivity index (χ0v) is 20.8. The summed E-state index contributed by atoms with van der Waals surface area (Å²) < 4.78 is 6.11. The van der Waals surface area contributed by atoms with Crippen molar-refractivity contribution in [3.63, 3.8) is 0 Å². The van der Waals surface area contributed by atoms with Gasteiger partial charge in [0.25, 0.3) is 0 Å². The Labute approximate surface area is 214 Å². The molecule has 1 aliphatic rings. The summed E-state index contributed by atoms with van der Waals surface area (Å²) in [4.78, 5) is 28.5. The van der Waals surface area contributed by atoms with Gasteiger partial charge in [0.1, 0.15) is 17.3 Å². The van der Waals surface area contributed by atoms with E-state index in [2.05, 4.69) is 54.6 Å². The van der Waals surface area contributed by atoms with Crippen molar-refractivity contribution in [2.24, 2.45) is 0 Å². The van der Waals surface area contributed by atoms with Crippen LogP contribution in [-0.4, -0.2) is 64.9 Å². The highest BCUT2D eigenvalue weighted by Crippen LogP contribution is 2.29. The molecule has 2 aromatic heterocycles. The molecule has 1 amide bonds. The Balaban J connectivity index is 1.29. The molecular formula is C26H28ClN7O2. The quantitative estimate of drug-likeness (QED) is 0.310. The number of benzene rings is 2. The minimum absolute atomic E-state index is 0.0572. The first kappa shape index (κ1) is 23.9. The number of hydrogen-bond acceptors (Lipinski definition) is 7. The van der Waals surface area contributed by atoms with Crippen LogP contribution in [0.3, 0.4) is 0 Å². The molecule has 9 nitrogen and oxygen atoms in total. The number of hydrogen-bond donors (Lipinski definition) is 3. The number of piperazine rings is 1. The van der Waals surface area contributed by atoms with Gasteiger partial charge < -0.3 is 30.2 Å². The summed E-state index contributed by atoms with van der Waals surface area (Å²) in [6, 6.07) is 17.7. The number of nitrogens with one attached hydrogen (secondary N) is 3. The molecule has 36 heavy (non-hydrogen) atoms. The predicted molar refractivity (Wildman–Crippen MR) is 142 cm³/mol. The molecule has 0 spiro atoms. The summed E-state index contributed by atoms with van der Waals surface area (Å²) in [6.45, 7) is 4.60. The van der Waals surface area contributed by atoms with Crippen molar-refractivity contribution in [1.29, 1.82) is 0 Å². The van der Waals surface area contributed by atoms with E-state index in [9.17, 15) is 4.79 Å². The Morgan fingerprint density at radius 3 is 2.50 bits per heavy atom. The summed E-state index contributed by atoms with van der Waals surface area (Å²) in [5.74, 6) is 1.25. The molecular weight excluding hydrogens is 478 g/mol. The molecule has 5 rings (SSSR count). The van der Waals surface area contributed by atoms with Gasteiger partial charge in [0, 0.05) is 50.3 Å². The number of likely N-dealkylation sites (N-methyl/N-ethyl adjacent to an activating group) is 1. The number of fused-ring (bicyclic) bond motifs is 1. The van der Waals surface area contributed by atoms with Crippen LogP contribution in [0.25, 0.3) is 11.0 Å². The molecule has 10 heteroatoms. The van der Waals surface area contributed by atoms with Gasteiger partial charge in [-0.25, -0.2) is 0 Å². The van der Waals surface area contributed by atoms with Crippen LogP contribution in [0, 0.1) is 0 Å². The van der Waals surface area contributed by atoms with Crippen molar-refractivity contribution in [1.82, 2.24) is 25.2 Å². The number of rotatable bonds is 8. The van der Waals surface area contributed by atoms with Crippen LogP contribution in [0.5, 0.6) is 11.6 Å². The molecule has 0 atom stereocenters. The molecule has 1 saturated heterocycles. The average molecular weight is 506 g/mol. The smallest absolute Gasteiger partial charge is 0.235 e. The van der Waals surface area contributed by atoms with E-state index in [1.807, 2.05) is 48.7 Å². The van der Waals surface area contributed by atoms with Gasteiger partial charge in [-0.15, -0.1) is 11.6 Å². The largest absolute Gasteiger partial charge is 0.438 e. The Bertz CT molecular complexity index is 1320. The highest BCUT2D eigenvalue weighted by Gasteiger charge is 2.15. The zero-order chi connectivity index (χ0) is 24.9. The fourth-order valence-electron chi connectivity index (χ4n) is 4.03. The third kappa shape index (κ3) is 5.69. The molecule has 3 N–H and O–H groups in total. The standard InChI is InChI=1S/C26H28ClN7O2/c1-33-12-14-34(15-13-33)20-6-4-19(5-7-20)30-26-31-24-22(10-11-28-24)25(32-26)36-21-8-2-18(3-9-21)17-29-23(35)16-27/h2-11H,12-17H2,1H3,(H,29,35)(H2,28,30,31,32). The highest BCUT2D eigenvalue weighted by molar-refractivity contribution is 6.27. The van der Waals surface area contributed by atoms with Gasteiger partial charge in [0.05, 0.1) is 5.39 Å². The monoisotopic (exact) mass is 505 g/mol. The predicted octanol–water partition coefficient (Wildman–Crippen LogP) is 4.10. The summed E-state index contributed by atoms with van der Waals surface area (Å²) in [5.41, 5.74) is 3.73. The lowest BCUT2D eigenvalue weighted by Gasteiger charge is -2.34. The van der Waals surface area contributed by atoms with Crippen LogP contribution in [0.4, 0.5) is 17.3 Å². The number of alkyl halides is 1. The first-order valence-corrected chi connectivity index (χ1v) is 12.4. The van der Waals surface area contributed by atoms with Crippen molar-refractivity contribution in [3.05, 3.63) is 66.4 Å². The molecule has 0 bridgehead atoms. The first-order valence-electron chi connectivity index (χ1n) is 11.8. The number of halogens is 1. The van der Waals surface area contributed by atoms with Crippen molar-refractivity contribution >= 4 is 45.9 Å². The lowest BCUT2D eigenvalue weighted by atomic mass is 10.2. The molecule has 0 aliphatic carbocycles. The molecule has 1 fully saturated rings. The van der Waals surface area contributed by atoms with Crippen molar-refractivity contribution < 1.29 is 9.53 Å². The average Bonchev–Trinajstić information content (AvgIpc) is 3.38. The molecule has 0 unspecified atom stereocenters. The Morgan fingerprint density at radius 1 is 1.03 bits per heavy atom. The first-order chi connectivity index (χ1) is 17.6. The van der Waals surface area contributed by atoms with Crippen LogP contribution >= 0.6 is 11.6 Å². The van der Waals surface area contributed by atoms with E-state index in [4.69, 9.17) is 16.3 Å². The van der Waals surface area contributed by atoms with Gasteiger partial charge in [-0.3, -0.25) is 4.79 Å². The van der Waals surface area contributed by atoms with Gasteiger partial charge in [-0.05, 0) is 55.1 Å². The van der Waals surface area contributed by atoms with Crippen LogP contribution in [-0.2, 0) is 11.3 Å². The van der Waals surface area contributed by atoms with Crippen molar-refractivity contribution in [2.75, 3.05) is 49.3 Å². The van der Waals surface area contributed by atoms with Gasteiger partial charge in [0.15, 0.2) is 0 Å². The number of amides is 1. The van der Waals surface area contributed by atoms with E-state index in [0.717, 1.165) is 42.8 Å². The van der Waals surface area contributed by atoms with Crippen LogP contribution in [0.1, 0.15) is 5.56 Å². The van der Waals surface area contributed by atoms with E-state index in [0.29, 0.717) is 29.8 Å². The topological polar surface area (TPSA) is 98.4 Å². The molecule has 2 aromatic carbocycles. The summed E-state index contributed by atoms with van der Waals surface area (Å²) in [5, 5.41) is 6.82. The molecule has 186 valence electrons. The van der Waals surface area contributed by atoms with E-state index in [1.165, 1.54) is 5.69 Å². The second-order valence-corrected chi connectivity index (χ2v) is 8.98. The summed E-state index contributed by atoms with van der Waals surface area (Å²) >= 11 is 5.52. The van der Waals surface area contributed by atoms with Gasteiger partial charge >= 0.3 is 0 Å². The third-order valence-corrected chi connectivity index (χ3v) is 6.36. The Morgan fingerprint density at radius 2 is 1.78 bits per heavy atom. The fraction of sp³-hybridized carbons (Fsp3) is 0.269. The van der Waals surface area contributed by atoms with E-state index >= 15 is 0 Å². The SMILES string of the molecule is CN1CCN(c2ccc(Nc3nc(Oc4ccc(CNC(=O)CCl)cc4)c4cc[nH]c4n3)cc2)CC1. The maximum atomic E-state index is 11.4. The molecule has 1 aliphatic heterocycles. The minimum atomic E-state index is -0.207. The number of nitrogens with zero attached hydrogens (tertiary/aromatic N) is 4. The second-order valence-electron chi connectivity index (χ2n) is 8.71. The lowest BCUT2D eigenvalue weighted by molar-refractivity contribution is -0.118. The normalized spacial score (nSPS) is 14.1. The highest BCUT2D eigenvalue weighted by atomic mass is 35.5. The van der Waals surface area contributed by atoms with Crippen LogP contribution in [0.2, 0.25) is 0 Å². The van der Waals surface area contributed by atoms with Gasteiger partial charge in [0.2, 0.25) is 17.7 Å². The fourth-order valence-corrected chi connectivity index (χ4v) is 4.13. The Kier molecular flexibility index (Phi) is 7.20. The van der Waals surface area contributed by atoms with Gasteiger partial charge in [-0.1, -0.05) is 12.1 Å². The maximum Gasteiger partial charge on any atom is 0.235 e.